The number of benzene rings is 1. The molecule has 90 valence electrons. The summed E-state index contributed by atoms with van der Waals surface area (Å²) < 4.78 is 0. The molecule has 1 aromatic carbocycles. The minimum atomic E-state index is -0.567. The largest absolute Gasteiger partial charge is 0.383 e. The highest BCUT2D eigenvalue weighted by Gasteiger charge is 2.12. The van der Waals surface area contributed by atoms with Crippen LogP contribution in [0.25, 0.3) is 0 Å². The van der Waals surface area contributed by atoms with E-state index in [1.165, 1.54) is 16.9 Å². The second-order valence-corrected chi connectivity index (χ2v) is 5.44. The van der Waals surface area contributed by atoms with Gasteiger partial charge in [-0.3, -0.25) is 0 Å². The lowest BCUT2D eigenvalue weighted by atomic mass is 10.0. The van der Waals surface area contributed by atoms with Gasteiger partial charge < -0.3 is 5.11 Å². The Balaban J connectivity index is 2.16. The highest BCUT2D eigenvalue weighted by molar-refractivity contribution is 7.10. The second kappa shape index (κ2) is 5.67. The van der Waals surface area contributed by atoms with E-state index in [4.69, 9.17) is 11.6 Å². The van der Waals surface area contributed by atoms with Crippen molar-refractivity contribution in [3.8, 4) is 0 Å². The summed E-state index contributed by atoms with van der Waals surface area (Å²) >= 11 is 7.34. The number of halogens is 1. The van der Waals surface area contributed by atoms with Crippen LogP contribution in [0.5, 0.6) is 0 Å². The van der Waals surface area contributed by atoms with Gasteiger partial charge in [0.05, 0.1) is 5.02 Å². The van der Waals surface area contributed by atoms with Crippen molar-refractivity contribution < 1.29 is 5.11 Å². The number of aryl methyl sites for hydroxylation is 1. The van der Waals surface area contributed by atoms with Crippen molar-refractivity contribution in [3.05, 3.63) is 56.7 Å². The van der Waals surface area contributed by atoms with Crippen LogP contribution in [0.15, 0.2) is 35.7 Å². The molecular formula is C14H15ClOS. The molecule has 1 aromatic heterocycles. The molecule has 0 fully saturated rings. The Bertz CT molecular complexity index is 475. The second-order valence-electron chi connectivity index (χ2n) is 4.06. The van der Waals surface area contributed by atoms with Gasteiger partial charge in [0, 0.05) is 10.3 Å². The van der Waals surface area contributed by atoms with Crippen LogP contribution in [0.2, 0.25) is 5.02 Å². The summed E-state index contributed by atoms with van der Waals surface area (Å²) in [5.74, 6) is 0. The van der Waals surface area contributed by atoms with Crippen LogP contribution in [-0.4, -0.2) is 5.11 Å². The lowest BCUT2D eigenvalue weighted by molar-refractivity contribution is 0.224. The fourth-order valence-electron chi connectivity index (χ4n) is 1.79. The van der Waals surface area contributed by atoms with Crippen molar-refractivity contribution >= 4 is 22.9 Å². The van der Waals surface area contributed by atoms with Crippen molar-refractivity contribution in [1.29, 1.82) is 0 Å². The third-order valence-corrected chi connectivity index (χ3v) is 4.02. The minimum Gasteiger partial charge on any atom is -0.383 e. The molecule has 0 bridgehead atoms. The highest BCUT2D eigenvalue weighted by atomic mass is 35.5. The molecule has 2 rings (SSSR count). The molecule has 0 aliphatic heterocycles. The number of thiophene rings is 1. The van der Waals surface area contributed by atoms with Crippen LogP contribution in [0.4, 0.5) is 0 Å². The van der Waals surface area contributed by atoms with Crippen molar-refractivity contribution in [3.63, 3.8) is 0 Å². The van der Waals surface area contributed by atoms with Gasteiger partial charge >= 0.3 is 0 Å². The summed E-state index contributed by atoms with van der Waals surface area (Å²) in [5, 5.41) is 12.7. The van der Waals surface area contributed by atoms with Crippen molar-refractivity contribution in [2.45, 2.75) is 25.9 Å². The zero-order chi connectivity index (χ0) is 12.3. The molecule has 0 saturated heterocycles. The molecule has 1 heterocycles. The molecule has 0 aliphatic rings. The van der Waals surface area contributed by atoms with Crippen LogP contribution in [0, 0.1) is 0 Å². The van der Waals surface area contributed by atoms with Gasteiger partial charge in [0.15, 0.2) is 0 Å². The molecule has 0 spiro atoms. The molecule has 1 atom stereocenters. The van der Waals surface area contributed by atoms with Gasteiger partial charge in [-0.15, -0.1) is 11.3 Å². The molecule has 1 nitrogen and oxygen atoms in total. The van der Waals surface area contributed by atoms with E-state index in [1.807, 2.05) is 23.6 Å². The molecule has 0 amide bonds. The Hall–Kier alpha value is -0.830. The maximum Gasteiger partial charge on any atom is 0.113 e. The number of rotatable bonds is 4. The van der Waals surface area contributed by atoms with Gasteiger partial charge in [0.2, 0.25) is 0 Å². The zero-order valence-corrected chi connectivity index (χ0v) is 11.3. The van der Waals surface area contributed by atoms with Crippen LogP contribution < -0.4 is 0 Å². The molecule has 2 aromatic rings. The van der Waals surface area contributed by atoms with Gasteiger partial charge in [-0.25, -0.2) is 0 Å². The SMILES string of the molecule is CCCc1ccc(C(O)c2cc(Cl)cs2)cc1. The van der Waals surface area contributed by atoms with Gasteiger partial charge in [0.1, 0.15) is 6.10 Å². The Kier molecular flexibility index (Phi) is 4.21. The normalized spacial score (nSPS) is 12.6. The fourth-order valence-corrected chi connectivity index (χ4v) is 2.88. The molecule has 0 saturated carbocycles. The van der Waals surface area contributed by atoms with Gasteiger partial charge in [-0.2, -0.15) is 0 Å². The Morgan fingerprint density at radius 3 is 2.53 bits per heavy atom. The summed E-state index contributed by atoms with van der Waals surface area (Å²) in [6.45, 7) is 2.16. The Labute approximate surface area is 111 Å². The molecular weight excluding hydrogens is 252 g/mol. The van der Waals surface area contributed by atoms with Gasteiger partial charge in [-0.1, -0.05) is 49.2 Å². The van der Waals surface area contributed by atoms with E-state index in [1.54, 1.807) is 0 Å². The topological polar surface area (TPSA) is 20.2 Å². The molecule has 1 unspecified atom stereocenters. The minimum absolute atomic E-state index is 0.567. The quantitative estimate of drug-likeness (QED) is 0.868. The molecule has 0 radical (unpaired) electrons. The van der Waals surface area contributed by atoms with Crippen LogP contribution in [0.3, 0.4) is 0 Å². The monoisotopic (exact) mass is 266 g/mol. The lowest BCUT2D eigenvalue weighted by Gasteiger charge is -2.09. The van der Waals surface area contributed by atoms with Crippen molar-refractivity contribution in [2.24, 2.45) is 0 Å². The predicted molar refractivity (Wildman–Crippen MR) is 73.8 cm³/mol. The smallest absolute Gasteiger partial charge is 0.113 e. The molecule has 1 N–H and O–H groups in total. The predicted octanol–water partition coefficient (Wildman–Crippen LogP) is 4.44. The van der Waals surface area contributed by atoms with E-state index in [-0.39, 0.29) is 0 Å². The summed E-state index contributed by atoms with van der Waals surface area (Å²) in [5.41, 5.74) is 2.23. The lowest BCUT2D eigenvalue weighted by Crippen LogP contribution is -1.97. The van der Waals surface area contributed by atoms with Crippen molar-refractivity contribution in [2.75, 3.05) is 0 Å². The van der Waals surface area contributed by atoms with Crippen LogP contribution >= 0.6 is 22.9 Å². The van der Waals surface area contributed by atoms with Crippen LogP contribution in [-0.2, 0) is 6.42 Å². The Morgan fingerprint density at radius 1 is 1.29 bits per heavy atom. The standard InChI is InChI=1S/C14H15ClOS/c1-2-3-10-4-6-11(7-5-10)14(16)13-8-12(15)9-17-13/h4-9,14,16H,2-3H2,1H3. The summed E-state index contributed by atoms with van der Waals surface area (Å²) in [7, 11) is 0. The number of aliphatic hydroxyl groups is 1. The van der Waals surface area contributed by atoms with E-state index in [9.17, 15) is 5.11 Å². The first-order valence-corrected chi connectivity index (χ1v) is 6.97. The third kappa shape index (κ3) is 3.09. The first kappa shape index (κ1) is 12.6. The third-order valence-electron chi connectivity index (χ3n) is 2.69. The van der Waals surface area contributed by atoms with Crippen LogP contribution in [0.1, 0.15) is 35.5 Å². The number of hydrogen-bond donors (Lipinski definition) is 1. The highest BCUT2D eigenvalue weighted by Crippen LogP contribution is 2.29. The van der Waals surface area contributed by atoms with E-state index in [0.717, 1.165) is 23.3 Å². The van der Waals surface area contributed by atoms with Gasteiger partial charge in [0.25, 0.3) is 0 Å². The summed E-state index contributed by atoms with van der Waals surface area (Å²) in [6, 6.07) is 9.96. The van der Waals surface area contributed by atoms with Crippen molar-refractivity contribution in [1.82, 2.24) is 0 Å². The molecule has 17 heavy (non-hydrogen) atoms. The first-order valence-electron chi connectivity index (χ1n) is 5.71. The zero-order valence-electron chi connectivity index (χ0n) is 9.69. The fraction of sp³-hybridized carbons (Fsp3) is 0.286. The first-order chi connectivity index (χ1) is 8.20. The molecule has 0 aliphatic carbocycles. The van der Waals surface area contributed by atoms with Gasteiger partial charge in [-0.05, 0) is 23.6 Å². The average Bonchev–Trinajstić information content (AvgIpc) is 2.76. The van der Waals surface area contributed by atoms with E-state index in [2.05, 4.69) is 19.1 Å². The molecule has 3 heteroatoms. The van der Waals surface area contributed by atoms with E-state index >= 15 is 0 Å². The maximum absolute atomic E-state index is 10.2. The van der Waals surface area contributed by atoms with E-state index in [0.29, 0.717) is 5.02 Å². The summed E-state index contributed by atoms with van der Waals surface area (Å²) in [6.07, 6.45) is 1.66. The summed E-state index contributed by atoms with van der Waals surface area (Å²) in [4.78, 5) is 0.887. The average molecular weight is 267 g/mol. The number of hydrogen-bond acceptors (Lipinski definition) is 2. The maximum atomic E-state index is 10.2. The van der Waals surface area contributed by atoms with E-state index < -0.39 is 6.10 Å². The Morgan fingerprint density at radius 2 is 2.00 bits per heavy atom. The number of aliphatic hydroxyl groups excluding tert-OH is 1.